The van der Waals surface area contributed by atoms with Gasteiger partial charge in [-0.25, -0.2) is 15.0 Å². The fraction of sp³-hybridized carbons (Fsp3) is 0.0235. The van der Waals surface area contributed by atoms with Crippen LogP contribution in [0.1, 0.15) is 0 Å². The van der Waals surface area contributed by atoms with Gasteiger partial charge in [0, 0.05) is 16.5 Å². The Morgan fingerprint density at radius 3 is 1.39 bits per heavy atom. The maximum absolute atomic E-state index is 6.02. The molecule has 0 radical (unpaired) electrons. The quantitative estimate of drug-likeness (QED) is 0.0903. The molecule has 0 amide bonds. The van der Waals surface area contributed by atoms with Crippen LogP contribution in [0.15, 0.2) is 357 Å². The van der Waals surface area contributed by atoms with E-state index in [-0.39, 0.29) is 12.1 Å². The van der Waals surface area contributed by atoms with Gasteiger partial charge in [-0.15, -0.1) is 0 Å². The first-order chi connectivity index (χ1) is 47.1. The molecule has 95 heavy (non-hydrogen) atoms. The van der Waals surface area contributed by atoms with Crippen molar-refractivity contribution in [3.8, 4) is 22.6 Å². The number of hydrogen-bond donors (Lipinski definition) is 0. The number of para-hydroxylation sites is 4. The second kappa shape index (κ2) is 21.8. The van der Waals surface area contributed by atoms with Crippen LogP contribution in [0, 0.1) is 0 Å². The summed E-state index contributed by atoms with van der Waals surface area (Å²) in [5, 5.41) is 12.9. The molecule has 2 unspecified atom stereocenters. The maximum Gasteiger partial charge on any atom is 0.221 e. The molecule has 3 aliphatic rings. The highest BCUT2D eigenvalue weighted by atomic mass is 28.3. The van der Waals surface area contributed by atoms with Crippen LogP contribution >= 0.6 is 0 Å². The molecule has 4 aromatic heterocycles. The monoisotopic (exact) mass is 1250 g/mol. The predicted molar refractivity (Wildman–Crippen MR) is 399 cm³/mol. The molecule has 12 aromatic carbocycles. The van der Waals surface area contributed by atoms with Crippen LogP contribution in [0.4, 0.5) is 17.2 Å². The van der Waals surface area contributed by atoms with Gasteiger partial charge in [0.1, 0.15) is 11.6 Å². The minimum Gasteiger partial charge on any atom is -0.309 e. The zero-order valence-electron chi connectivity index (χ0n) is 51.7. The van der Waals surface area contributed by atoms with Gasteiger partial charge in [-0.2, -0.15) is 0 Å². The normalized spacial score (nSPS) is 15.1. The van der Waals surface area contributed by atoms with Crippen molar-refractivity contribution >= 4 is 130 Å². The lowest BCUT2D eigenvalue weighted by Crippen LogP contribution is -2.74. The third-order valence-corrected chi connectivity index (χ3v) is 29.7. The van der Waals surface area contributed by atoms with Gasteiger partial charge in [-0.3, -0.25) is 13.9 Å². The van der Waals surface area contributed by atoms with Crippen LogP contribution < -0.4 is 51.3 Å². The standard InChI is InChI=1S/C85H60N8Si2/c1-7-30-62(31-8-1)94(63-32-9-2-10-33-63,64-34-11-3-12-35-64)68-50-52-78-80(57-68)90-76-48-25-21-44-72(76)86-84(90)92(78)82-55-60(59-28-27-29-61(54-59)89-74-46-23-19-42-70(74)71-43-20-24-47-75(71)89)56-83(88-82)93-79-53-51-69(58-81(79)91-77-49-26-22-45-73(77)87-85(91)93)95(65-36-13-4-14-37-65,66-38-15-5-16-39-66)67-40-17-6-18-41-67/h1-58,72,76H. The number of imidazole rings is 2. The molecular formula is C85H60N8Si2. The maximum atomic E-state index is 6.02. The fourth-order valence-electron chi connectivity index (χ4n) is 16.1. The molecule has 0 bridgehead atoms. The summed E-state index contributed by atoms with van der Waals surface area (Å²) < 4.78 is 7.08. The van der Waals surface area contributed by atoms with Gasteiger partial charge in [-0.1, -0.05) is 279 Å². The number of nitrogens with zero attached hydrogens (tertiary/aromatic N) is 8. The Labute approximate surface area is 551 Å². The molecule has 19 rings (SSSR count). The smallest absolute Gasteiger partial charge is 0.221 e. The lowest BCUT2D eigenvalue weighted by Gasteiger charge is -2.35. The van der Waals surface area contributed by atoms with Crippen LogP contribution in [0.2, 0.25) is 0 Å². The molecular weight excluding hydrogens is 1190 g/mol. The molecule has 10 heteroatoms. The molecule has 0 saturated carbocycles. The van der Waals surface area contributed by atoms with E-state index in [0.29, 0.717) is 0 Å². The van der Waals surface area contributed by atoms with E-state index < -0.39 is 16.1 Å². The molecule has 0 spiro atoms. The van der Waals surface area contributed by atoms with E-state index in [1.54, 1.807) is 0 Å². The Bertz CT molecular complexity index is 5520. The largest absolute Gasteiger partial charge is 0.309 e. The van der Waals surface area contributed by atoms with Crippen molar-refractivity contribution in [3.63, 3.8) is 0 Å². The second-order valence-corrected chi connectivity index (χ2v) is 32.7. The van der Waals surface area contributed by atoms with E-state index in [2.05, 4.69) is 375 Å². The van der Waals surface area contributed by atoms with Crippen molar-refractivity contribution in [1.82, 2.24) is 23.5 Å². The summed E-state index contributed by atoms with van der Waals surface area (Å²) in [6.07, 6.45) is 8.88. The third kappa shape index (κ3) is 8.27. The summed E-state index contributed by atoms with van der Waals surface area (Å²) in [6, 6.07) is 121. The first-order valence-electron chi connectivity index (χ1n) is 32.7. The van der Waals surface area contributed by atoms with Gasteiger partial charge >= 0.3 is 0 Å². The van der Waals surface area contributed by atoms with E-state index in [9.17, 15) is 0 Å². The molecule has 0 N–H and O–H groups in total. The molecule has 1 aliphatic carbocycles. The fourth-order valence-corrected chi connectivity index (χ4v) is 25.6. The van der Waals surface area contributed by atoms with Crippen molar-refractivity contribution in [2.45, 2.75) is 12.1 Å². The van der Waals surface area contributed by atoms with Crippen molar-refractivity contribution < 1.29 is 0 Å². The van der Waals surface area contributed by atoms with E-state index in [1.807, 2.05) is 0 Å². The highest BCUT2D eigenvalue weighted by Gasteiger charge is 2.49. The van der Waals surface area contributed by atoms with Gasteiger partial charge in [0.2, 0.25) is 11.7 Å². The first-order valence-corrected chi connectivity index (χ1v) is 36.7. The minimum absolute atomic E-state index is 0.0568. The Morgan fingerprint density at radius 2 is 0.811 bits per heavy atom. The average molecular weight is 1250 g/mol. The molecule has 8 nitrogen and oxygen atoms in total. The predicted octanol–water partition coefficient (Wildman–Crippen LogP) is 13.5. The van der Waals surface area contributed by atoms with Crippen LogP contribution in [-0.2, 0) is 0 Å². The molecule has 6 heterocycles. The molecule has 16 aromatic rings. The Hall–Kier alpha value is -12.0. The summed E-state index contributed by atoms with van der Waals surface area (Å²) in [6.45, 7) is 0. The number of aromatic nitrogens is 5. The molecule has 448 valence electrons. The summed E-state index contributed by atoms with van der Waals surface area (Å²) >= 11 is 0. The number of benzene rings is 12. The number of pyridine rings is 1. The molecule has 2 aliphatic heterocycles. The number of anilines is 3. The summed E-state index contributed by atoms with van der Waals surface area (Å²) in [5.41, 5.74) is 11.5. The number of rotatable bonds is 12. The highest BCUT2D eigenvalue weighted by Crippen LogP contribution is 2.48. The van der Waals surface area contributed by atoms with Crippen molar-refractivity contribution in [3.05, 3.63) is 352 Å². The second-order valence-electron chi connectivity index (χ2n) is 25.1. The van der Waals surface area contributed by atoms with Crippen molar-refractivity contribution in [1.29, 1.82) is 0 Å². The Kier molecular flexibility index (Phi) is 12.6. The van der Waals surface area contributed by atoms with E-state index in [0.717, 1.165) is 84.7 Å². The zero-order chi connectivity index (χ0) is 62.6. The topological polar surface area (TPSA) is 58.9 Å². The first kappa shape index (κ1) is 54.7. The van der Waals surface area contributed by atoms with Crippen LogP contribution in [-0.4, -0.2) is 57.7 Å². The van der Waals surface area contributed by atoms with Gasteiger partial charge in [0.25, 0.3) is 0 Å². The number of hydrogen-bond acceptors (Lipinski definition) is 5. The average Bonchev–Trinajstić information content (AvgIpc) is 1.64. The van der Waals surface area contributed by atoms with Gasteiger partial charge < -0.3 is 9.47 Å². The van der Waals surface area contributed by atoms with E-state index in [1.165, 1.54) is 52.3 Å². The van der Waals surface area contributed by atoms with Crippen molar-refractivity contribution in [2.75, 3.05) is 9.80 Å². The molecule has 0 saturated heterocycles. The number of guanidine groups is 1. The van der Waals surface area contributed by atoms with E-state index in [4.69, 9.17) is 15.0 Å². The third-order valence-electron chi connectivity index (χ3n) is 20.1. The Balaban J connectivity index is 0.880. The van der Waals surface area contributed by atoms with Crippen molar-refractivity contribution in [2.24, 2.45) is 4.99 Å². The van der Waals surface area contributed by atoms with E-state index >= 15 is 0 Å². The molecule has 2 atom stereocenters. The zero-order valence-corrected chi connectivity index (χ0v) is 53.7. The summed E-state index contributed by atoms with van der Waals surface area (Å²) in [7, 11) is -5.97. The number of fused-ring (bicyclic) bond motifs is 13. The summed E-state index contributed by atoms with van der Waals surface area (Å²) in [4.78, 5) is 22.2. The SMILES string of the molecule is C1=CC2N=C3N(c4cc(-c5cccc(-n6c7ccccc7c7ccccc76)c5)cc(-n5c6ccc([Si](c7ccccc7)(c7ccccc7)c7ccccc7)cc6n6c7ccccc7nc56)n4)c4ccc([Si](c5ccccc5)(c5ccccc5)c5ccccc5)cc4N3C2C=C1. The lowest BCUT2D eigenvalue weighted by atomic mass is 10.0. The van der Waals surface area contributed by atoms with Gasteiger partial charge in [0.15, 0.2) is 16.1 Å². The molecule has 0 fully saturated rings. The van der Waals surface area contributed by atoms with Crippen LogP contribution in [0.3, 0.4) is 0 Å². The summed E-state index contributed by atoms with van der Waals surface area (Å²) in [5.74, 6) is 3.09. The van der Waals surface area contributed by atoms with Gasteiger partial charge in [-0.05, 0) is 125 Å². The van der Waals surface area contributed by atoms with Gasteiger partial charge in [0.05, 0.1) is 56.6 Å². The Morgan fingerprint density at radius 1 is 0.316 bits per heavy atom. The number of allylic oxidation sites excluding steroid dienone is 2. The minimum atomic E-state index is -2.99. The lowest BCUT2D eigenvalue weighted by molar-refractivity contribution is 0.741. The van der Waals surface area contributed by atoms with Crippen LogP contribution in [0.5, 0.6) is 0 Å². The van der Waals surface area contributed by atoms with Crippen LogP contribution in [0.25, 0.3) is 72.3 Å². The highest BCUT2D eigenvalue weighted by molar-refractivity contribution is 7.20. The number of aliphatic imine (C=N–C) groups is 1.